The number of allylic oxidation sites excluding steroid dienone is 3. The van der Waals surface area contributed by atoms with Crippen molar-refractivity contribution in [2.45, 2.75) is 95.7 Å². The summed E-state index contributed by atoms with van der Waals surface area (Å²) in [6.07, 6.45) is -3.26. The third-order valence-corrected chi connectivity index (χ3v) is 10.9. The van der Waals surface area contributed by atoms with Crippen molar-refractivity contribution in [1.82, 2.24) is 15.0 Å². The molecule has 3 rings (SSSR count). The van der Waals surface area contributed by atoms with Crippen LogP contribution in [-0.4, -0.2) is 47.5 Å². The van der Waals surface area contributed by atoms with Crippen LogP contribution in [0.25, 0.3) is 5.57 Å². The Labute approximate surface area is 201 Å². The van der Waals surface area contributed by atoms with Gasteiger partial charge in [-0.2, -0.15) is 28.1 Å². The second kappa shape index (κ2) is 9.29. The molecule has 2 aliphatic carbocycles. The van der Waals surface area contributed by atoms with Crippen LogP contribution in [0.5, 0.6) is 0 Å². The second-order valence-corrected chi connectivity index (χ2v) is 15.3. The lowest BCUT2D eigenvalue weighted by Crippen LogP contribution is -2.44. The summed E-state index contributed by atoms with van der Waals surface area (Å²) in [5, 5.41) is 4.67. The summed E-state index contributed by atoms with van der Waals surface area (Å²) in [4.78, 5) is 12.1. The molecule has 35 heavy (non-hydrogen) atoms. The van der Waals surface area contributed by atoms with E-state index < -0.39 is 57.1 Å². The summed E-state index contributed by atoms with van der Waals surface area (Å²) in [6, 6.07) is -2.66. The molecule has 1 aromatic heterocycles. The smallest absolute Gasteiger partial charge is 0.408 e. The second-order valence-electron chi connectivity index (χ2n) is 10.6. The number of hydrogen-bond acceptors (Lipinski definition) is 6. The molecule has 0 aromatic carbocycles. The summed E-state index contributed by atoms with van der Waals surface area (Å²) in [5.41, 5.74) is 0.0633. The molecule has 6 nitrogen and oxygen atoms in total. The molecule has 0 saturated heterocycles. The number of nitrogens with one attached hydrogen (secondary N) is 2. The van der Waals surface area contributed by atoms with Gasteiger partial charge in [-0.1, -0.05) is 20.8 Å². The van der Waals surface area contributed by atoms with E-state index in [1.54, 1.807) is 6.08 Å². The van der Waals surface area contributed by atoms with Gasteiger partial charge in [0, 0.05) is 24.5 Å². The molecule has 13 heteroatoms. The monoisotopic (exact) mass is 523 g/mol. The highest BCUT2D eigenvalue weighted by atomic mass is 28.4. The van der Waals surface area contributed by atoms with Crippen LogP contribution in [0.2, 0.25) is 18.1 Å². The highest BCUT2D eigenvalue weighted by Crippen LogP contribution is 2.42. The van der Waals surface area contributed by atoms with Crippen molar-refractivity contribution in [1.29, 1.82) is 0 Å². The van der Waals surface area contributed by atoms with E-state index in [2.05, 4.69) is 25.6 Å². The number of alkyl halides is 5. The fourth-order valence-electron chi connectivity index (χ4n) is 3.28. The van der Waals surface area contributed by atoms with Gasteiger partial charge in [0.05, 0.1) is 0 Å². The van der Waals surface area contributed by atoms with Crippen molar-refractivity contribution >= 4 is 25.8 Å². The average Bonchev–Trinajstić information content (AvgIpc) is 2.66. The number of anilines is 2. The van der Waals surface area contributed by atoms with Gasteiger partial charge >= 0.3 is 6.18 Å². The lowest BCUT2D eigenvalue weighted by atomic mass is 9.88. The van der Waals surface area contributed by atoms with E-state index in [0.717, 1.165) is 6.92 Å². The van der Waals surface area contributed by atoms with Gasteiger partial charge in [-0.15, -0.1) is 0 Å². The zero-order valence-corrected chi connectivity index (χ0v) is 21.6. The highest BCUT2D eigenvalue weighted by Gasteiger charge is 2.46. The molecule has 2 N–H and O–H groups in total. The van der Waals surface area contributed by atoms with Crippen molar-refractivity contribution < 1.29 is 30.8 Å². The van der Waals surface area contributed by atoms with Crippen molar-refractivity contribution in [3.05, 3.63) is 23.5 Å². The van der Waals surface area contributed by atoms with Crippen molar-refractivity contribution in [2.75, 3.05) is 10.6 Å². The molecule has 0 radical (unpaired) electrons. The summed E-state index contributed by atoms with van der Waals surface area (Å²) in [5.74, 6) is -4.26. The maximum absolute atomic E-state index is 15.6. The van der Waals surface area contributed by atoms with E-state index in [1.807, 2.05) is 33.9 Å². The van der Waals surface area contributed by atoms with E-state index in [0.29, 0.717) is 6.42 Å². The molecule has 2 aliphatic rings. The van der Waals surface area contributed by atoms with Gasteiger partial charge in [0.1, 0.15) is 11.8 Å². The first kappa shape index (κ1) is 27.3. The van der Waals surface area contributed by atoms with E-state index in [9.17, 15) is 22.0 Å². The van der Waals surface area contributed by atoms with Crippen LogP contribution >= 0.6 is 0 Å². The number of rotatable bonds is 7. The third-order valence-electron chi connectivity index (χ3n) is 6.54. The molecule has 1 atom stereocenters. The minimum absolute atomic E-state index is 0.0598. The van der Waals surface area contributed by atoms with Gasteiger partial charge in [0.15, 0.2) is 11.7 Å². The molecule has 0 unspecified atom stereocenters. The number of aromatic nitrogens is 3. The Balaban J connectivity index is 1.95. The molecule has 196 valence electrons. The Morgan fingerprint density at radius 2 is 1.69 bits per heavy atom. The lowest BCUT2D eigenvalue weighted by molar-refractivity contribution is -0.138. The van der Waals surface area contributed by atoms with Crippen LogP contribution < -0.4 is 10.6 Å². The molecule has 1 heterocycles. The summed E-state index contributed by atoms with van der Waals surface area (Å²) in [7, 11) is -2.38. The van der Waals surface area contributed by atoms with E-state index in [1.165, 1.54) is 0 Å². The van der Waals surface area contributed by atoms with Crippen molar-refractivity contribution in [3.8, 4) is 0 Å². The normalized spacial score (nSPS) is 20.2. The van der Waals surface area contributed by atoms with Gasteiger partial charge in [-0.05, 0) is 44.0 Å². The topological polar surface area (TPSA) is 72.0 Å². The van der Waals surface area contributed by atoms with E-state index >= 15 is 4.39 Å². The van der Waals surface area contributed by atoms with Crippen LogP contribution in [0.3, 0.4) is 0 Å². The molecular formula is C22H31F6N5OSi. The quantitative estimate of drug-likeness (QED) is 0.302. The Kier molecular flexibility index (Phi) is 7.24. The van der Waals surface area contributed by atoms with Gasteiger partial charge in [0.25, 0.3) is 14.2 Å². The zero-order chi connectivity index (χ0) is 26.4. The molecule has 0 aliphatic heterocycles. The van der Waals surface area contributed by atoms with Crippen LogP contribution in [-0.2, 0) is 4.43 Å². The Morgan fingerprint density at radius 3 is 2.23 bits per heavy atom. The summed E-state index contributed by atoms with van der Waals surface area (Å²) >= 11 is 0. The number of hydrogen-bond donors (Lipinski definition) is 2. The predicted octanol–water partition coefficient (Wildman–Crippen LogP) is 6.82. The molecule has 1 fully saturated rings. The average molecular weight is 524 g/mol. The minimum atomic E-state index is -4.58. The van der Waals surface area contributed by atoms with E-state index in [-0.39, 0.29) is 34.6 Å². The maximum Gasteiger partial charge on any atom is 0.408 e. The molecular weight excluding hydrogens is 492 g/mol. The molecule has 1 aromatic rings. The van der Waals surface area contributed by atoms with Crippen LogP contribution in [0.15, 0.2) is 17.7 Å². The van der Waals surface area contributed by atoms with Crippen LogP contribution in [0.4, 0.5) is 38.2 Å². The summed E-state index contributed by atoms with van der Waals surface area (Å²) < 4.78 is 87.5. The van der Waals surface area contributed by atoms with Gasteiger partial charge in [-0.3, -0.25) is 0 Å². The minimum Gasteiger partial charge on any atom is -0.542 e. The lowest BCUT2D eigenvalue weighted by Gasteiger charge is -2.37. The first-order valence-electron chi connectivity index (χ1n) is 11.4. The first-order valence-corrected chi connectivity index (χ1v) is 14.3. The summed E-state index contributed by atoms with van der Waals surface area (Å²) in [6.45, 7) is 10.9. The zero-order valence-electron chi connectivity index (χ0n) is 20.6. The Bertz CT molecular complexity index is 1010. The van der Waals surface area contributed by atoms with Crippen LogP contribution in [0.1, 0.15) is 59.2 Å². The Morgan fingerprint density at radius 1 is 1.09 bits per heavy atom. The van der Waals surface area contributed by atoms with Crippen LogP contribution in [0, 0.1) is 0 Å². The first-order chi connectivity index (χ1) is 15.9. The van der Waals surface area contributed by atoms with Gasteiger partial charge in [-0.25, -0.2) is 13.2 Å². The molecule has 0 amide bonds. The van der Waals surface area contributed by atoms with E-state index in [4.69, 9.17) is 4.43 Å². The fourth-order valence-corrected chi connectivity index (χ4v) is 4.31. The van der Waals surface area contributed by atoms with Gasteiger partial charge < -0.3 is 15.1 Å². The maximum atomic E-state index is 15.6. The number of nitrogens with zero attached hydrogens (tertiary/aromatic N) is 3. The Hall–Kier alpha value is -2.31. The van der Waals surface area contributed by atoms with Crippen molar-refractivity contribution in [2.24, 2.45) is 0 Å². The molecule has 1 saturated carbocycles. The predicted molar refractivity (Wildman–Crippen MR) is 124 cm³/mol. The largest absolute Gasteiger partial charge is 0.542 e. The number of halogens is 6. The standard InChI is InChI=1S/C22H31F6N5OSi/c1-12(22(26,27)28)29-18-31-17(32-19(33-18)30-13-10-21(24,25)11-13)14-8-7-9-15(16(14)23)34-35(5,6)20(2,3)4/h9,12-13H,7-8,10-11H2,1-6H3,(H2,29,30,31,32,33)/t12-/m1/s1. The van der Waals surface area contributed by atoms with Crippen molar-refractivity contribution in [3.63, 3.8) is 0 Å². The molecule has 0 spiro atoms. The fraction of sp³-hybridized carbons (Fsp3) is 0.682. The SMILES string of the molecule is C[C@@H](Nc1nc(NC2CC(F)(F)C2)nc(C2=C(F)C(O[Si](C)(C)C(C)(C)C)=CCC2)n1)C(F)(F)F. The highest BCUT2D eigenvalue weighted by molar-refractivity contribution is 6.74. The van der Waals surface area contributed by atoms with Gasteiger partial charge in [0.2, 0.25) is 11.9 Å². The molecule has 0 bridgehead atoms. The third kappa shape index (κ3) is 6.47.